The van der Waals surface area contributed by atoms with Gasteiger partial charge in [-0.05, 0) is 70.6 Å². The van der Waals surface area contributed by atoms with Crippen molar-refractivity contribution in [1.82, 2.24) is 5.32 Å². The third kappa shape index (κ3) is 36.7. The van der Waals surface area contributed by atoms with Crippen molar-refractivity contribution in [3.8, 4) is 0 Å². The summed E-state index contributed by atoms with van der Waals surface area (Å²) in [5.74, 6) is -0.333. The number of carbonyl (C=O) groups excluding carboxylic acids is 1. The molecule has 9 N–H and O–H groups in total. The third-order valence-corrected chi connectivity index (χ3v) is 15.3. The summed E-state index contributed by atoms with van der Waals surface area (Å²) in [4.78, 5) is 13.2. The van der Waals surface area contributed by atoms with Crippen LogP contribution in [-0.2, 0) is 23.7 Å². The first-order chi connectivity index (χ1) is 40.1. The molecule has 2 aliphatic rings. The minimum Gasteiger partial charge on any atom is -0.394 e. The van der Waals surface area contributed by atoms with Crippen LogP contribution in [0.3, 0.4) is 0 Å². The van der Waals surface area contributed by atoms with Crippen molar-refractivity contribution < 1.29 is 64.6 Å². The van der Waals surface area contributed by atoms with Gasteiger partial charge in [-0.25, -0.2) is 0 Å². The Morgan fingerprint density at radius 1 is 0.451 bits per heavy atom. The van der Waals surface area contributed by atoms with Crippen molar-refractivity contribution in [1.29, 1.82) is 0 Å². The molecule has 1 amide bonds. The Morgan fingerprint density at radius 3 is 1.33 bits per heavy atom. The molecule has 2 aliphatic heterocycles. The van der Waals surface area contributed by atoms with E-state index in [0.29, 0.717) is 12.8 Å². The lowest BCUT2D eigenvalue weighted by Gasteiger charge is -2.46. The lowest BCUT2D eigenvalue weighted by molar-refractivity contribution is -0.359. The van der Waals surface area contributed by atoms with Crippen LogP contribution in [0.2, 0.25) is 0 Å². The molecule has 0 aliphatic carbocycles. The first kappa shape index (κ1) is 75.0. The molecule has 2 saturated heterocycles. The van der Waals surface area contributed by atoms with Gasteiger partial charge >= 0.3 is 0 Å². The van der Waals surface area contributed by atoms with Gasteiger partial charge in [0.1, 0.15) is 48.8 Å². The second kappa shape index (κ2) is 52.3. The fourth-order valence-electron chi connectivity index (χ4n) is 10.1. The van der Waals surface area contributed by atoms with Gasteiger partial charge in [0.25, 0.3) is 0 Å². The molecule has 0 aromatic rings. The van der Waals surface area contributed by atoms with Crippen LogP contribution in [0.25, 0.3) is 0 Å². The van der Waals surface area contributed by atoms with Crippen LogP contribution < -0.4 is 5.32 Å². The van der Waals surface area contributed by atoms with E-state index in [4.69, 9.17) is 18.9 Å². The molecule has 12 unspecified atom stereocenters. The molecule has 0 aromatic heterocycles. The molecule has 2 rings (SSSR count). The summed E-state index contributed by atoms with van der Waals surface area (Å²) < 4.78 is 22.7. The molecule has 0 bridgehead atoms. The summed E-state index contributed by atoms with van der Waals surface area (Å²) >= 11 is 0. The molecule has 0 aromatic carbocycles. The van der Waals surface area contributed by atoms with Gasteiger partial charge < -0.3 is 65.1 Å². The summed E-state index contributed by atoms with van der Waals surface area (Å²) in [7, 11) is 0. The highest BCUT2D eigenvalue weighted by Gasteiger charge is 2.51. The average molecular weight is 1160 g/mol. The van der Waals surface area contributed by atoms with E-state index in [1.807, 2.05) is 18.2 Å². The van der Waals surface area contributed by atoms with Crippen LogP contribution in [-0.4, -0.2) is 140 Å². The molecule has 0 spiro atoms. The van der Waals surface area contributed by atoms with Crippen molar-refractivity contribution >= 4 is 5.91 Å². The van der Waals surface area contributed by atoms with E-state index in [0.717, 1.165) is 51.4 Å². The minimum atomic E-state index is -1.80. The van der Waals surface area contributed by atoms with Gasteiger partial charge in [0, 0.05) is 6.42 Å². The molecule has 14 nitrogen and oxygen atoms in total. The standard InChI is InChI=1S/C68H117NO13/c1-3-5-7-9-11-13-15-17-19-21-23-24-25-26-27-28-29-30-31-32-34-35-37-39-41-43-45-47-49-51-57(72)56(69-60(73)52-50-48-46-44-42-40-38-36-33-22-20-18-16-14-12-10-8-6-4-2)55-79-67-65(78)63(76)66(59(54-71)81-67)82-68-64(77)62(75)61(74)58(53-70)80-68/h6,8,12,14,18,20,33,36,40-43,46,48-49,51,56-59,61-68,70-72,74-78H,3-5,7,9-11,13,15-17,19,21-32,34-35,37-39,44-45,47,50,52-55H2,1-2H3,(H,69,73)/b8-6-,14-12-,20-18-,36-33-,42-40-,43-41+,48-46-,51-49+. The number of rotatable bonds is 51. The molecule has 2 heterocycles. The van der Waals surface area contributed by atoms with Crippen molar-refractivity contribution in [2.75, 3.05) is 19.8 Å². The molecule has 0 saturated carbocycles. The number of unbranched alkanes of at least 4 members (excludes halogenated alkanes) is 24. The fraction of sp³-hybridized carbons (Fsp3) is 0.750. The normalized spacial score (nSPS) is 24.6. The number of aliphatic hydroxyl groups is 8. The van der Waals surface area contributed by atoms with Crippen LogP contribution in [0.4, 0.5) is 0 Å². The van der Waals surface area contributed by atoms with Crippen LogP contribution in [0, 0.1) is 0 Å². The van der Waals surface area contributed by atoms with Crippen LogP contribution in [0.15, 0.2) is 97.2 Å². The topological polar surface area (TPSA) is 228 Å². The number of carbonyl (C=O) groups is 1. The SMILES string of the molecule is CC/C=C\C/C=C\C/C=C\C/C=C\C/C=C\C/C=C\CCC(=O)NC(COC1OC(CO)C(OC2OC(CO)C(O)C(O)C2O)C(O)C1O)C(O)/C=C/CC/C=C/CCCCCCCCCCCCCCCCCCCCCCCCC. The number of hydrogen-bond acceptors (Lipinski definition) is 13. The van der Waals surface area contributed by atoms with Crippen molar-refractivity contribution in [3.63, 3.8) is 0 Å². The van der Waals surface area contributed by atoms with E-state index in [1.165, 1.54) is 148 Å². The van der Waals surface area contributed by atoms with Crippen molar-refractivity contribution in [2.24, 2.45) is 0 Å². The Balaban J connectivity index is 1.75. The molecule has 0 radical (unpaired) electrons. The van der Waals surface area contributed by atoms with Gasteiger partial charge in [0.2, 0.25) is 5.91 Å². The largest absolute Gasteiger partial charge is 0.394 e. The van der Waals surface area contributed by atoms with Crippen molar-refractivity contribution in [3.05, 3.63) is 97.2 Å². The highest BCUT2D eigenvalue weighted by molar-refractivity contribution is 5.76. The second-order valence-corrected chi connectivity index (χ2v) is 22.5. The summed E-state index contributed by atoms with van der Waals surface area (Å²) in [6.07, 6.45) is 56.2. The molecule has 14 heteroatoms. The van der Waals surface area contributed by atoms with E-state index in [-0.39, 0.29) is 18.9 Å². The van der Waals surface area contributed by atoms with Crippen LogP contribution in [0.1, 0.15) is 232 Å². The van der Waals surface area contributed by atoms with Crippen molar-refractivity contribution in [2.45, 2.75) is 306 Å². The highest BCUT2D eigenvalue weighted by atomic mass is 16.7. The fourth-order valence-corrected chi connectivity index (χ4v) is 10.1. The maximum atomic E-state index is 13.2. The molecule has 2 fully saturated rings. The second-order valence-electron chi connectivity index (χ2n) is 22.5. The van der Waals surface area contributed by atoms with Crippen LogP contribution in [0.5, 0.6) is 0 Å². The smallest absolute Gasteiger partial charge is 0.220 e. The first-order valence-electron chi connectivity index (χ1n) is 32.5. The van der Waals surface area contributed by atoms with E-state index >= 15 is 0 Å². The highest BCUT2D eigenvalue weighted by Crippen LogP contribution is 2.30. The number of allylic oxidation sites excluding steroid dienone is 15. The number of aliphatic hydroxyl groups excluding tert-OH is 8. The maximum Gasteiger partial charge on any atom is 0.220 e. The third-order valence-electron chi connectivity index (χ3n) is 15.3. The number of hydrogen-bond donors (Lipinski definition) is 9. The van der Waals surface area contributed by atoms with Crippen LogP contribution >= 0.6 is 0 Å². The quantitative estimate of drug-likeness (QED) is 0.0204. The van der Waals surface area contributed by atoms with Gasteiger partial charge in [0.05, 0.1) is 32.0 Å². The first-order valence-corrected chi connectivity index (χ1v) is 32.5. The Hall–Kier alpha value is -3.09. The van der Waals surface area contributed by atoms with Gasteiger partial charge in [-0.2, -0.15) is 0 Å². The molecule has 82 heavy (non-hydrogen) atoms. The van der Waals surface area contributed by atoms with Gasteiger partial charge in [-0.1, -0.05) is 252 Å². The minimum absolute atomic E-state index is 0.143. The monoisotopic (exact) mass is 1160 g/mol. The Labute approximate surface area is 496 Å². The molecule has 472 valence electrons. The molecular weight excluding hydrogens is 1040 g/mol. The van der Waals surface area contributed by atoms with E-state index in [1.54, 1.807) is 6.08 Å². The summed E-state index contributed by atoms with van der Waals surface area (Å²) in [5, 5.41) is 87.1. The molecular formula is C68H117NO13. The summed E-state index contributed by atoms with van der Waals surface area (Å²) in [6, 6.07) is -0.980. The Bertz CT molecular complexity index is 1740. The molecule has 12 atom stereocenters. The lowest BCUT2D eigenvalue weighted by atomic mass is 9.97. The zero-order valence-electron chi connectivity index (χ0n) is 50.9. The lowest BCUT2D eigenvalue weighted by Crippen LogP contribution is -2.65. The van der Waals surface area contributed by atoms with E-state index < -0.39 is 86.8 Å². The predicted octanol–water partition coefficient (Wildman–Crippen LogP) is 12.2. The predicted molar refractivity (Wildman–Crippen MR) is 332 cm³/mol. The zero-order chi connectivity index (χ0) is 59.5. The summed E-state index contributed by atoms with van der Waals surface area (Å²) in [6.45, 7) is 2.62. The number of nitrogens with one attached hydrogen (secondary N) is 1. The summed E-state index contributed by atoms with van der Waals surface area (Å²) in [5.41, 5.74) is 0. The average Bonchev–Trinajstić information content (AvgIpc) is 3.67. The zero-order valence-corrected chi connectivity index (χ0v) is 50.9. The Kier molecular flexibility index (Phi) is 47.8. The van der Waals surface area contributed by atoms with E-state index in [2.05, 4.69) is 92.1 Å². The number of ether oxygens (including phenoxy) is 4. The van der Waals surface area contributed by atoms with Gasteiger partial charge in [0.15, 0.2) is 12.6 Å². The van der Waals surface area contributed by atoms with E-state index in [9.17, 15) is 45.6 Å². The Morgan fingerprint density at radius 2 is 0.854 bits per heavy atom. The number of amides is 1. The maximum absolute atomic E-state index is 13.2. The van der Waals surface area contributed by atoms with Gasteiger partial charge in [-0.15, -0.1) is 0 Å². The van der Waals surface area contributed by atoms with Gasteiger partial charge in [-0.3, -0.25) is 4.79 Å².